The number of ether oxygens (including phenoxy) is 2. The van der Waals surface area contributed by atoms with Crippen molar-refractivity contribution in [1.29, 1.82) is 0 Å². The van der Waals surface area contributed by atoms with Crippen LogP contribution in [-0.2, 0) is 22.5 Å². The van der Waals surface area contributed by atoms with Crippen LogP contribution in [0.3, 0.4) is 0 Å². The standard InChI is InChI=1S/C25H30ClN3O3S/c1-4-18-13-19-24(27-14-16-7-10-21(31-2)20(26)11-16)28-23(29-25(19)33-18)17-8-5-15(6-9-17)12-22(30)32-3/h7,10-11,13,15,17H,4-6,8-9,12,14H2,1-3H3,(H,27,28,29). The lowest BCUT2D eigenvalue weighted by atomic mass is 9.80. The van der Waals surface area contributed by atoms with Crippen molar-refractivity contribution < 1.29 is 14.3 Å². The Morgan fingerprint density at radius 3 is 2.64 bits per heavy atom. The molecule has 6 nitrogen and oxygen atoms in total. The number of aryl methyl sites for hydroxylation is 1. The summed E-state index contributed by atoms with van der Waals surface area (Å²) in [6.07, 6.45) is 5.46. The number of esters is 1. The summed E-state index contributed by atoms with van der Waals surface area (Å²) in [4.78, 5) is 23.9. The highest BCUT2D eigenvalue weighted by molar-refractivity contribution is 7.18. The van der Waals surface area contributed by atoms with Gasteiger partial charge in [0, 0.05) is 23.8 Å². The van der Waals surface area contributed by atoms with Crippen LogP contribution in [0.25, 0.3) is 10.2 Å². The summed E-state index contributed by atoms with van der Waals surface area (Å²) in [6, 6.07) is 8.00. The zero-order valence-corrected chi connectivity index (χ0v) is 20.9. The molecule has 0 amide bonds. The zero-order chi connectivity index (χ0) is 23.4. The molecule has 0 bridgehead atoms. The third kappa shape index (κ3) is 5.58. The normalized spacial score (nSPS) is 18.3. The lowest BCUT2D eigenvalue weighted by Gasteiger charge is -2.27. The van der Waals surface area contributed by atoms with Crippen LogP contribution in [-0.4, -0.2) is 30.2 Å². The van der Waals surface area contributed by atoms with E-state index in [-0.39, 0.29) is 5.97 Å². The van der Waals surface area contributed by atoms with Gasteiger partial charge in [-0.15, -0.1) is 11.3 Å². The fraction of sp³-hybridized carbons (Fsp3) is 0.480. The highest BCUT2D eigenvalue weighted by Gasteiger charge is 2.27. The Bertz CT molecular complexity index is 1130. The van der Waals surface area contributed by atoms with Crippen LogP contribution in [0.4, 0.5) is 5.82 Å². The molecule has 2 aromatic heterocycles. The number of nitrogens with one attached hydrogen (secondary N) is 1. The second-order valence-corrected chi connectivity index (χ2v) is 10.1. The number of nitrogens with zero attached hydrogens (tertiary/aromatic N) is 2. The summed E-state index contributed by atoms with van der Waals surface area (Å²) in [7, 11) is 3.07. The van der Waals surface area contributed by atoms with E-state index in [1.54, 1.807) is 18.4 Å². The molecular weight excluding hydrogens is 458 g/mol. The maximum absolute atomic E-state index is 11.6. The van der Waals surface area contributed by atoms with Crippen molar-refractivity contribution in [2.45, 2.75) is 57.9 Å². The minimum Gasteiger partial charge on any atom is -0.495 e. The number of hydrogen-bond donors (Lipinski definition) is 1. The van der Waals surface area contributed by atoms with E-state index in [4.69, 9.17) is 31.0 Å². The van der Waals surface area contributed by atoms with E-state index in [0.717, 1.165) is 59.5 Å². The highest BCUT2D eigenvalue weighted by Crippen LogP contribution is 2.38. The Morgan fingerprint density at radius 1 is 1.18 bits per heavy atom. The molecule has 1 aromatic carbocycles. The van der Waals surface area contributed by atoms with E-state index < -0.39 is 0 Å². The molecule has 4 rings (SSSR count). The summed E-state index contributed by atoms with van der Waals surface area (Å²) in [5.74, 6) is 3.02. The molecule has 1 saturated carbocycles. The zero-order valence-electron chi connectivity index (χ0n) is 19.3. The lowest BCUT2D eigenvalue weighted by molar-refractivity contribution is -0.142. The second-order valence-electron chi connectivity index (χ2n) is 8.54. The van der Waals surface area contributed by atoms with Gasteiger partial charge in [0.1, 0.15) is 22.2 Å². The van der Waals surface area contributed by atoms with Crippen molar-refractivity contribution >= 4 is 44.9 Å². The first-order valence-corrected chi connectivity index (χ1v) is 12.6. The molecule has 3 aromatic rings. The smallest absolute Gasteiger partial charge is 0.305 e. The predicted molar refractivity (Wildman–Crippen MR) is 133 cm³/mol. The summed E-state index contributed by atoms with van der Waals surface area (Å²) in [5.41, 5.74) is 1.06. The molecule has 1 aliphatic rings. The molecule has 0 atom stereocenters. The molecule has 0 saturated heterocycles. The Morgan fingerprint density at radius 2 is 1.97 bits per heavy atom. The van der Waals surface area contributed by atoms with Gasteiger partial charge >= 0.3 is 5.97 Å². The van der Waals surface area contributed by atoms with Gasteiger partial charge in [0.15, 0.2) is 0 Å². The van der Waals surface area contributed by atoms with E-state index in [9.17, 15) is 4.79 Å². The van der Waals surface area contributed by atoms with E-state index in [2.05, 4.69) is 18.3 Å². The van der Waals surface area contributed by atoms with Crippen LogP contribution < -0.4 is 10.1 Å². The number of methoxy groups -OCH3 is 2. The first-order chi connectivity index (χ1) is 16.0. The van der Waals surface area contributed by atoms with E-state index in [1.807, 2.05) is 18.2 Å². The van der Waals surface area contributed by atoms with Gasteiger partial charge in [0.05, 0.1) is 24.6 Å². The van der Waals surface area contributed by atoms with Crippen LogP contribution in [0, 0.1) is 5.92 Å². The summed E-state index contributed by atoms with van der Waals surface area (Å²) < 4.78 is 10.1. The Hall–Kier alpha value is -2.38. The lowest BCUT2D eigenvalue weighted by Crippen LogP contribution is -2.19. The van der Waals surface area contributed by atoms with Gasteiger partial charge in [-0.05, 0) is 61.8 Å². The van der Waals surface area contributed by atoms with E-state index in [0.29, 0.717) is 35.6 Å². The molecule has 1 fully saturated rings. The van der Waals surface area contributed by atoms with Gasteiger partial charge in [-0.1, -0.05) is 24.6 Å². The maximum atomic E-state index is 11.6. The van der Waals surface area contributed by atoms with Gasteiger partial charge in [0.2, 0.25) is 0 Å². The van der Waals surface area contributed by atoms with Crippen LogP contribution in [0.5, 0.6) is 5.75 Å². The molecule has 0 aliphatic heterocycles. The molecule has 0 unspecified atom stereocenters. The van der Waals surface area contributed by atoms with Crippen LogP contribution >= 0.6 is 22.9 Å². The number of aromatic nitrogens is 2. The first-order valence-electron chi connectivity index (χ1n) is 11.4. The number of fused-ring (bicyclic) bond motifs is 1. The number of anilines is 1. The fourth-order valence-electron chi connectivity index (χ4n) is 4.43. The van der Waals surface area contributed by atoms with Crippen LogP contribution in [0.1, 0.15) is 61.2 Å². The molecule has 0 radical (unpaired) electrons. The molecule has 0 spiro atoms. The maximum Gasteiger partial charge on any atom is 0.305 e. The second kappa shape index (κ2) is 10.7. The average Bonchev–Trinajstić information content (AvgIpc) is 3.26. The molecule has 176 valence electrons. The number of thiophene rings is 1. The van der Waals surface area contributed by atoms with Crippen molar-refractivity contribution in [3.8, 4) is 5.75 Å². The molecule has 1 aliphatic carbocycles. The van der Waals surface area contributed by atoms with Crippen molar-refractivity contribution in [1.82, 2.24) is 9.97 Å². The number of halogens is 1. The number of carbonyl (C=O) groups is 1. The minimum atomic E-state index is -0.119. The van der Waals surface area contributed by atoms with Gasteiger partial charge in [-0.3, -0.25) is 4.79 Å². The van der Waals surface area contributed by atoms with Crippen molar-refractivity contribution in [2.24, 2.45) is 5.92 Å². The SMILES string of the molecule is CCc1cc2c(NCc3ccc(OC)c(Cl)c3)nc(C3CCC(CC(=O)OC)CC3)nc2s1. The van der Waals surface area contributed by atoms with Gasteiger partial charge in [-0.2, -0.15) is 0 Å². The first kappa shape index (κ1) is 23.8. The van der Waals surface area contributed by atoms with Crippen LogP contribution in [0.15, 0.2) is 24.3 Å². The van der Waals surface area contributed by atoms with Crippen molar-refractivity contribution in [3.05, 3.63) is 45.6 Å². The predicted octanol–water partition coefficient (Wildman–Crippen LogP) is 6.36. The van der Waals surface area contributed by atoms with Crippen LogP contribution in [0.2, 0.25) is 5.02 Å². The molecular formula is C25H30ClN3O3S. The third-order valence-electron chi connectivity index (χ3n) is 6.38. The molecule has 8 heteroatoms. The minimum absolute atomic E-state index is 0.119. The largest absolute Gasteiger partial charge is 0.495 e. The van der Waals surface area contributed by atoms with Gasteiger partial charge < -0.3 is 14.8 Å². The monoisotopic (exact) mass is 487 g/mol. The van der Waals surface area contributed by atoms with Gasteiger partial charge in [0.25, 0.3) is 0 Å². The molecule has 2 heterocycles. The number of hydrogen-bond acceptors (Lipinski definition) is 7. The summed E-state index contributed by atoms with van der Waals surface area (Å²) in [5, 5.41) is 5.19. The highest BCUT2D eigenvalue weighted by atomic mass is 35.5. The Labute approximate surface area is 203 Å². The summed E-state index contributed by atoms with van der Waals surface area (Å²) >= 11 is 8.04. The topological polar surface area (TPSA) is 73.3 Å². The quantitative estimate of drug-likeness (QED) is 0.372. The molecule has 1 N–H and O–H groups in total. The molecule has 33 heavy (non-hydrogen) atoms. The summed E-state index contributed by atoms with van der Waals surface area (Å²) in [6.45, 7) is 2.77. The van der Waals surface area contributed by atoms with Crippen molar-refractivity contribution in [2.75, 3.05) is 19.5 Å². The third-order valence-corrected chi connectivity index (χ3v) is 7.85. The van der Waals surface area contributed by atoms with E-state index in [1.165, 1.54) is 12.0 Å². The van der Waals surface area contributed by atoms with E-state index >= 15 is 0 Å². The average molecular weight is 488 g/mol. The van der Waals surface area contributed by atoms with Gasteiger partial charge in [-0.25, -0.2) is 9.97 Å². The van der Waals surface area contributed by atoms with Crippen molar-refractivity contribution in [3.63, 3.8) is 0 Å². The Kier molecular flexibility index (Phi) is 7.71. The number of rotatable bonds is 8. The Balaban J connectivity index is 1.54. The number of carbonyl (C=O) groups excluding carboxylic acids is 1. The fourth-order valence-corrected chi connectivity index (χ4v) is 5.68. The number of benzene rings is 1.